The molecule has 1 unspecified atom stereocenters. The molecule has 2 heteroatoms. The van der Waals surface area contributed by atoms with E-state index in [0.717, 1.165) is 17.7 Å². The van der Waals surface area contributed by atoms with Crippen LogP contribution in [0.4, 0.5) is 5.69 Å². The highest BCUT2D eigenvalue weighted by Crippen LogP contribution is 2.29. The molecule has 0 bridgehead atoms. The van der Waals surface area contributed by atoms with E-state index in [0.29, 0.717) is 0 Å². The van der Waals surface area contributed by atoms with E-state index in [2.05, 4.69) is 24.4 Å². The fourth-order valence-electron chi connectivity index (χ4n) is 2.16. The molecule has 18 heavy (non-hydrogen) atoms. The van der Waals surface area contributed by atoms with Crippen molar-refractivity contribution in [2.24, 2.45) is 0 Å². The van der Waals surface area contributed by atoms with Crippen LogP contribution in [0.5, 0.6) is 0 Å². The van der Waals surface area contributed by atoms with Crippen molar-refractivity contribution in [3.05, 3.63) is 66.2 Å². The molecule has 0 aliphatic carbocycles. The molecule has 2 aromatic rings. The lowest BCUT2D eigenvalue weighted by atomic mass is 9.87. The Kier molecular flexibility index (Phi) is 4.00. The summed E-state index contributed by atoms with van der Waals surface area (Å²) in [5.74, 6) is 0. The van der Waals surface area contributed by atoms with Gasteiger partial charge < -0.3 is 10.4 Å². The predicted octanol–water partition coefficient (Wildman–Crippen LogP) is 3.40. The fourth-order valence-corrected chi connectivity index (χ4v) is 2.16. The summed E-state index contributed by atoms with van der Waals surface area (Å²) < 4.78 is 0. The second-order valence-corrected chi connectivity index (χ2v) is 4.45. The third kappa shape index (κ3) is 2.54. The Labute approximate surface area is 108 Å². The van der Waals surface area contributed by atoms with E-state index in [1.54, 1.807) is 0 Å². The average Bonchev–Trinajstić information content (AvgIpc) is 2.47. The molecule has 0 heterocycles. The number of nitrogens with one attached hydrogen (secondary N) is 1. The molecule has 0 aliphatic rings. The predicted molar refractivity (Wildman–Crippen MR) is 75.6 cm³/mol. The molecule has 2 N–H and O–H groups in total. The number of anilines is 1. The van der Waals surface area contributed by atoms with E-state index >= 15 is 0 Å². The molecule has 2 nitrogen and oxygen atoms in total. The normalized spacial score (nSPS) is 13.9. The number of hydrogen-bond acceptors (Lipinski definition) is 2. The van der Waals surface area contributed by atoms with Crippen molar-refractivity contribution in [2.75, 3.05) is 11.9 Å². The quantitative estimate of drug-likeness (QED) is 0.841. The monoisotopic (exact) mass is 241 g/mol. The van der Waals surface area contributed by atoms with E-state index in [9.17, 15) is 5.11 Å². The minimum atomic E-state index is -0.414. The molecular weight excluding hydrogens is 222 g/mol. The standard InChI is InChI=1S/C16H19NO/c1-2-16(13-18,14-9-5-3-6-10-14)17-15-11-7-4-8-12-15/h3-12,17-18H,2,13H2,1H3. The molecule has 0 saturated carbocycles. The van der Waals surface area contributed by atoms with Gasteiger partial charge in [-0.2, -0.15) is 0 Å². The lowest BCUT2D eigenvalue weighted by molar-refractivity contribution is 0.207. The van der Waals surface area contributed by atoms with Gasteiger partial charge in [0.1, 0.15) is 0 Å². The number of aliphatic hydroxyl groups excluding tert-OH is 1. The minimum Gasteiger partial charge on any atom is -0.394 e. The average molecular weight is 241 g/mol. The van der Waals surface area contributed by atoms with Crippen LogP contribution in [0.3, 0.4) is 0 Å². The van der Waals surface area contributed by atoms with Crippen molar-refractivity contribution in [1.82, 2.24) is 0 Å². The van der Waals surface area contributed by atoms with Crippen LogP contribution in [0, 0.1) is 0 Å². The summed E-state index contributed by atoms with van der Waals surface area (Å²) in [5, 5.41) is 13.3. The molecule has 0 aliphatic heterocycles. The summed E-state index contributed by atoms with van der Waals surface area (Å²) >= 11 is 0. The number of para-hydroxylation sites is 1. The summed E-state index contributed by atoms with van der Waals surface area (Å²) in [6, 6.07) is 20.1. The molecule has 2 rings (SSSR count). The number of benzene rings is 2. The molecule has 1 atom stereocenters. The smallest absolute Gasteiger partial charge is 0.0854 e. The Bertz CT molecular complexity index is 463. The molecule has 2 aromatic carbocycles. The third-order valence-corrected chi connectivity index (χ3v) is 3.36. The molecule has 0 spiro atoms. The van der Waals surface area contributed by atoms with E-state index < -0.39 is 5.54 Å². The molecule has 0 fully saturated rings. The van der Waals surface area contributed by atoms with Crippen molar-refractivity contribution < 1.29 is 5.11 Å². The Balaban J connectivity index is 2.33. The summed E-state index contributed by atoms with van der Waals surface area (Å²) in [6.45, 7) is 2.15. The maximum absolute atomic E-state index is 9.83. The van der Waals surface area contributed by atoms with Crippen molar-refractivity contribution in [1.29, 1.82) is 0 Å². The Morgan fingerprint density at radius 3 is 2.00 bits per heavy atom. The van der Waals surface area contributed by atoms with Crippen LogP contribution in [-0.2, 0) is 5.54 Å². The van der Waals surface area contributed by atoms with Crippen molar-refractivity contribution in [2.45, 2.75) is 18.9 Å². The maximum Gasteiger partial charge on any atom is 0.0854 e. The zero-order valence-corrected chi connectivity index (χ0v) is 10.6. The van der Waals surface area contributed by atoms with Gasteiger partial charge in [0.2, 0.25) is 0 Å². The van der Waals surface area contributed by atoms with Gasteiger partial charge in [0.05, 0.1) is 12.1 Å². The fraction of sp³-hybridized carbons (Fsp3) is 0.250. The first-order valence-electron chi connectivity index (χ1n) is 6.30. The zero-order chi connectivity index (χ0) is 12.8. The summed E-state index contributed by atoms with van der Waals surface area (Å²) in [6.07, 6.45) is 0.822. The minimum absolute atomic E-state index is 0.0718. The summed E-state index contributed by atoms with van der Waals surface area (Å²) in [5.41, 5.74) is 1.72. The Hall–Kier alpha value is -1.80. The summed E-state index contributed by atoms with van der Waals surface area (Å²) in [7, 11) is 0. The topological polar surface area (TPSA) is 32.3 Å². The Morgan fingerprint density at radius 1 is 0.944 bits per heavy atom. The third-order valence-electron chi connectivity index (χ3n) is 3.36. The molecule has 0 saturated heterocycles. The van der Waals surface area contributed by atoms with Gasteiger partial charge in [-0.1, -0.05) is 55.5 Å². The SMILES string of the molecule is CCC(CO)(Nc1ccccc1)c1ccccc1. The molecule has 0 aromatic heterocycles. The second-order valence-electron chi connectivity index (χ2n) is 4.45. The van der Waals surface area contributed by atoms with Gasteiger partial charge >= 0.3 is 0 Å². The lowest BCUT2D eigenvalue weighted by Gasteiger charge is -2.33. The number of hydrogen-bond donors (Lipinski definition) is 2. The first-order chi connectivity index (χ1) is 8.80. The second kappa shape index (κ2) is 5.69. The van der Waals surface area contributed by atoms with Crippen LogP contribution >= 0.6 is 0 Å². The van der Waals surface area contributed by atoms with Crippen molar-refractivity contribution in [3.63, 3.8) is 0 Å². The van der Waals surface area contributed by atoms with Gasteiger partial charge in [-0.3, -0.25) is 0 Å². The van der Waals surface area contributed by atoms with Crippen LogP contribution in [-0.4, -0.2) is 11.7 Å². The van der Waals surface area contributed by atoms with E-state index in [-0.39, 0.29) is 6.61 Å². The number of rotatable bonds is 5. The van der Waals surface area contributed by atoms with E-state index in [1.165, 1.54) is 0 Å². The van der Waals surface area contributed by atoms with Gasteiger partial charge in [0, 0.05) is 5.69 Å². The first kappa shape index (κ1) is 12.7. The molecule has 0 radical (unpaired) electrons. The molecule has 0 amide bonds. The largest absolute Gasteiger partial charge is 0.394 e. The summed E-state index contributed by atoms with van der Waals surface area (Å²) in [4.78, 5) is 0. The molecule has 94 valence electrons. The Morgan fingerprint density at radius 2 is 1.50 bits per heavy atom. The van der Waals surface area contributed by atoms with Crippen molar-refractivity contribution in [3.8, 4) is 0 Å². The van der Waals surface area contributed by atoms with Crippen LogP contribution in [0.2, 0.25) is 0 Å². The van der Waals surface area contributed by atoms with E-state index in [1.807, 2.05) is 48.5 Å². The maximum atomic E-state index is 9.83. The van der Waals surface area contributed by atoms with Gasteiger partial charge in [0.25, 0.3) is 0 Å². The van der Waals surface area contributed by atoms with Crippen LogP contribution < -0.4 is 5.32 Å². The number of aliphatic hydroxyl groups is 1. The molecular formula is C16H19NO. The highest BCUT2D eigenvalue weighted by atomic mass is 16.3. The van der Waals surface area contributed by atoms with Gasteiger partial charge in [-0.05, 0) is 24.1 Å². The lowest BCUT2D eigenvalue weighted by Crippen LogP contribution is -2.38. The van der Waals surface area contributed by atoms with E-state index in [4.69, 9.17) is 0 Å². The van der Waals surface area contributed by atoms with Gasteiger partial charge in [-0.15, -0.1) is 0 Å². The van der Waals surface area contributed by atoms with Gasteiger partial charge in [-0.25, -0.2) is 0 Å². The van der Waals surface area contributed by atoms with Crippen LogP contribution in [0.25, 0.3) is 0 Å². The highest BCUT2D eigenvalue weighted by molar-refractivity contribution is 5.47. The van der Waals surface area contributed by atoms with Gasteiger partial charge in [0.15, 0.2) is 0 Å². The van der Waals surface area contributed by atoms with Crippen molar-refractivity contribution >= 4 is 5.69 Å². The zero-order valence-electron chi connectivity index (χ0n) is 10.6. The van der Waals surface area contributed by atoms with Crippen LogP contribution in [0.15, 0.2) is 60.7 Å². The highest BCUT2D eigenvalue weighted by Gasteiger charge is 2.29. The first-order valence-corrected chi connectivity index (χ1v) is 6.30. The van der Waals surface area contributed by atoms with Crippen LogP contribution in [0.1, 0.15) is 18.9 Å².